The highest BCUT2D eigenvalue weighted by Gasteiger charge is 2.29. The fraction of sp³-hybridized carbons (Fsp3) is 0.417. The summed E-state index contributed by atoms with van der Waals surface area (Å²) in [6.45, 7) is 6.49. The van der Waals surface area contributed by atoms with Crippen molar-refractivity contribution >= 4 is 12.1 Å². The minimum absolute atomic E-state index is 0.0441. The van der Waals surface area contributed by atoms with Gasteiger partial charge in [0, 0.05) is 5.92 Å². The van der Waals surface area contributed by atoms with Crippen LogP contribution in [0.4, 0.5) is 4.79 Å². The molecule has 2 aromatic carbocycles. The van der Waals surface area contributed by atoms with E-state index in [1.807, 2.05) is 24.3 Å². The van der Waals surface area contributed by atoms with Crippen LogP contribution in [0.1, 0.15) is 50.7 Å². The number of nitrogens with one attached hydrogen (secondary N) is 1. The number of ether oxygens (including phenoxy) is 1. The van der Waals surface area contributed by atoms with Crippen LogP contribution in [0.2, 0.25) is 0 Å². The van der Waals surface area contributed by atoms with Crippen LogP contribution >= 0.6 is 0 Å². The lowest BCUT2D eigenvalue weighted by Gasteiger charge is -2.20. The summed E-state index contributed by atoms with van der Waals surface area (Å²) in [5.74, 6) is -0.216. The van der Waals surface area contributed by atoms with Crippen LogP contribution in [-0.4, -0.2) is 29.8 Å². The van der Waals surface area contributed by atoms with E-state index in [2.05, 4.69) is 50.4 Å². The van der Waals surface area contributed by atoms with Crippen LogP contribution in [0, 0.1) is 11.8 Å². The van der Waals surface area contributed by atoms with Crippen molar-refractivity contribution < 1.29 is 19.4 Å². The summed E-state index contributed by atoms with van der Waals surface area (Å²) in [5, 5.41) is 12.0. The van der Waals surface area contributed by atoms with E-state index in [-0.39, 0.29) is 12.5 Å². The summed E-state index contributed by atoms with van der Waals surface area (Å²) >= 11 is 0. The zero-order valence-electron chi connectivity index (χ0n) is 17.2. The zero-order valence-corrected chi connectivity index (χ0v) is 17.2. The van der Waals surface area contributed by atoms with Crippen molar-refractivity contribution in [2.45, 2.75) is 45.6 Å². The second-order valence-electron chi connectivity index (χ2n) is 8.16. The second kappa shape index (κ2) is 9.12. The number of alkyl carbamates (subject to hydrolysis) is 1. The molecule has 5 heteroatoms. The molecule has 0 aromatic heterocycles. The van der Waals surface area contributed by atoms with E-state index in [4.69, 9.17) is 4.74 Å². The van der Waals surface area contributed by atoms with E-state index in [9.17, 15) is 14.7 Å². The van der Waals surface area contributed by atoms with Gasteiger partial charge in [-0.3, -0.25) is 0 Å². The maximum absolute atomic E-state index is 12.3. The highest BCUT2D eigenvalue weighted by atomic mass is 16.5. The van der Waals surface area contributed by atoms with Crippen LogP contribution in [-0.2, 0) is 9.53 Å². The Bertz CT molecular complexity index is 831. The van der Waals surface area contributed by atoms with E-state index in [0.717, 1.165) is 28.7 Å². The fourth-order valence-electron chi connectivity index (χ4n) is 3.80. The Morgan fingerprint density at radius 2 is 1.52 bits per heavy atom. The average molecular weight is 395 g/mol. The fourth-order valence-corrected chi connectivity index (χ4v) is 3.80. The van der Waals surface area contributed by atoms with Gasteiger partial charge in [-0.05, 0) is 46.9 Å². The number of amides is 1. The maximum atomic E-state index is 12.3. The molecule has 0 saturated carbocycles. The van der Waals surface area contributed by atoms with E-state index >= 15 is 0 Å². The van der Waals surface area contributed by atoms with Gasteiger partial charge in [-0.1, -0.05) is 69.3 Å². The molecule has 29 heavy (non-hydrogen) atoms. The number of aliphatic carboxylic acids is 1. The summed E-state index contributed by atoms with van der Waals surface area (Å²) < 4.78 is 5.46. The lowest BCUT2D eigenvalue weighted by molar-refractivity contribution is -0.139. The molecule has 1 aliphatic carbocycles. The summed E-state index contributed by atoms with van der Waals surface area (Å²) in [6.07, 6.45) is 0.438. The average Bonchev–Trinajstić information content (AvgIpc) is 3.03. The van der Waals surface area contributed by atoms with E-state index < -0.39 is 18.1 Å². The van der Waals surface area contributed by atoms with Crippen molar-refractivity contribution in [1.29, 1.82) is 0 Å². The molecule has 1 aliphatic rings. The van der Waals surface area contributed by atoms with Crippen molar-refractivity contribution in [2.75, 3.05) is 6.61 Å². The van der Waals surface area contributed by atoms with Crippen molar-refractivity contribution in [2.24, 2.45) is 11.8 Å². The first-order chi connectivity index (χ1) is 13.9. The first kappa shape index (κ1) is 20.9. The summed E-state index contributed by atoms with van der Waals surface area (Å²) in [7, 11) is 0. The SMILES string of the molecule is CC(C)C(C)CC[C@@H](NC(=O)OCC1c2ccccc2-c2ccccc21)C(=O)O. The Labute approximate surface area is 172 Å². The van der Waals surface area contributed by atoms with Crippen LogP contribution in [0.15, 0.2) is 48.5 Å². The molecule has 0 heterocycles. The molecule has 0 bridgehead atoms. The van der Waals surface area contributed by atoms with Gasteiger partial charge in [0.25, 0.3) is 0 Å². The third kappa shape index (κ3) is 4.78. The number of hydrogen-bond acceptors (Lipinski definition) is 3. The molecule has 3 rings (SSSR count). The van der Waals surface area contributed by atoms with Crippen LogP contribution in [0.5, 0.6) is 0 Å². The summed E-state index contributed by atoms with van der Waals surface area (Å²) in [6, 6.07) is 15.3. The smallest absolute Gasteiger partial charge is 0.407 e. The second-order valence-corrected chi connectivity index (χ2v) is 8.16. The number of rotatable bonds is 8. The molecule has 0 saturated heterocycles. The van der Waals surface area contributed by atoms with Crippen molar-refractivity contribution in [3.8, 4) is 11.1 Å². The van der Waals surface area contributed by atoms with E-state index in [0.29, 0.717) is 18.3 Å². The van der Waals surface area contributed by atoms with Gasteiger partial charge in [-0.2, -0.15) is 0 Å². The normalized spacial score (nSPS) is 14.8. The maximum Gasteiger partial charge on any atom is 0.407 e. The lowest BCUT2D eigenvalue weighted by atomic mass is 9.91. The van der Waals surface area contributed by atoms with Gasteiger partial charge in [-0.15, -0.1) is 0 Å². The predicted molar refractivity (Wildman–Crippen MR) is 113 cm³/mol. The predicted octanol–water partition coefficient (Wildman–Crippen LogP) is 5.05. The van der Waals surface area contributed by atoms with Gasteiger partial charge < -0.3 is 15.2 Å². The molecule has 0 aliphatic heterocycles. The Kier molecular flexibility index (Phi) is 6.57. The molecule has 5 nitrogen and oxygen atoms in total. The number of benzene rings is 2. The van der Waals surface area contributed by atoms with Crippen molar-refractivity contribution in [1.82, 2.24) is 5.32 Å². The lowest BCUT2D eigenvalue weighted by Crippen LogP contribution is -2.41. The van der Waals surface area contributed by atoms with Gasteiger partial charge in [0.1, 0.15) is 12.6 Å². The van der Waals surface area contributed by atoms with Gasteiger partial charge in [0.15, 0.2) is 0 Å². The van der Waals surface area contributed by atoms with Gasteiger partial charge in [-0.25, -0.2) is 9.59 Å². The molecule has 0 spiro atoms. The minimum Gasteiger partial charge on any atom is -0.480 e. The van der Waals surface area contributed by atoms with Gasteiger partial charge >= 0.3 is 12.1 Å². The Morgan fingerprint density at radius 1 is 0.966 bits per heavy atom. The number of carboxylic acid groups (broad SMARTS) is 1. The first-order valence-corrected chi connectivity index (χ1v) is 10.2. The largest absolute Gasteiger partial charge is 0.480 e. The monoisotopic (exact) mass is 395 g/mol. The molecular formula is C24H29NO4. The highest BCUT2D eigenvalue weighted by Crippen LogP contribution is 2.44. The first-order valence-electron chi connectivity index (χ1n) is 10.2. The van der Waals surface area contributed by atoms with Crippen molar-refractivity contribution in [3.05, 3.63) is 59.7 Å². The zero-order chi connectivity index (χ0) is 21.0. The molecule has 2 N–H and O–H groups in total. The van der Waals surface area contributed by atoms with E-state index in [1.165, 1.54) is 0 Å². The minimum atomic E-state index is -1.03. The molecule has 2 aromatic rings. The van der Waals surface area contributed by atoms with Crippen LogP contribution < -0.4 is 5.32 Å². The molecule has 2 atom stereocenters. The van der Waals surface area contributed by atoms with Gasteiger partial charge in [0.05, 0.1) is 0 Å². The number of carbonyl (C=O) groups excluding carboxylic acids is 1. The quantitative estimate of drug-likeness (QED) is 0.656. The summed E-state index contributed by atoms with van der Waals surface area (Å²) in [5.41, 5.74) is 4.57. The third-order valence-electron chi connectivity index (χ3n) is 5.98. The molecule has 1 amide bonds. The number of fused-ring (bicyclic) bond motifs is 3. The molecular weight excluding hydrogens is 366 g/mol. The van der Waals surface area contributed by atoms with Crippen LogP contribution in [0.25, 0.3) is 11.1 Å². The number of carboxylic acids is 1. The van der Waals surface area contributed by atoms with Gasteiger partial charge in [0.2, 0.25) is 0 Å². The highest BCUT2D eigenvalue weighted by molar-refractivity contribution is 5.81. The molecule has 1 unspecified atom stereocenters. The molecule has 0 radical (unpaired) electrons. The Hall–Kier alpha value is -2.82. The Balaban J connectivity index is 1.62. The number of hydrogen-bond donors (Lipinski definition) is 2. The van der Waals surface area contributed by atoms with E-state index in [1.54, 1.807) is 0 Å². The number of carbonyl (C=O) groups is 2. The molecule has 154 valence electrons. The molecule has 0 fully saturated rings. The van der Waals surface area contributed by atoms with Crippen molar-refractivity contribution in [3.63, 3.8) is 0 Å². The topological polar surface area (TPSA) is 75.6 Å². The van der Waals surface area contributed by atoms with Crippen LogP contribution in [0.3, 0.4) is 0 Å². The Morgan fingerprint density at radius 3 is 2.03 bits per heavy atom. The standard InChI is InChI=1S/C24H29NO4/c1-15(2)16(3)12-13-22(23(26)27)25-24(28)29-14-21-19-10-6-4-8-17(19)18-9-5-7-11-20(18)21/h4-11,15-16,21-22H,12-14H2,1-3H3,(H,25,28)(H,26,27)/t16?,22-/m1/s1. The third-order valence-corrected chi connectivity index (χ3v) is 5.98. The summed E-state index contributed by atoms with van der Waals surface area (Å²) in [4.78, 5) is 23.9.